The molecule has 1 saturated heterocycles. The molecule has 0 aromatic rings. The molecule has 3 unspecified atom stereocenters. The average molecular weight is 283 g/mol. The third-order valence-corrected chi connectivity index (χ3v) is 4.35. The first kappa shape index (κ1) is 17.4. The number of nitrogens with one attached hydrogen (secondary N) is 2. The number of carbonyl (C=O) groups is 1. The fraction of sp³-hybridized carbons (Fsp3) is 0.938. The fourth-order valence-corrected chi connectivity index (χ4v) is 2.86. The summed E-state index contributed by atoms with van der Waals surface area (Å²) in [5.74, 6) is 0.798. The molecule has 118 valence electrons. The first-order valence-electron chi connectivity index (χ1n) is 8.35. The minimum Gasteiger partial charge on any atom is -0.355 e. The van der Waals surface area contributed by atoms with Gasteiger partial charge in [-0.2, -0.15) is 0 Å². The monoisotopic (exact) mass is 283 g/mol. The maximum absolute atomic E-state index is 12.1. The number of hydrogen-bond acceptors (Lipinski definition) is 3. The quantitative estimate of drug-likeness (QED) is 0.670. The van der Waals surface area contributed by atoms with Crippen LogP contribution in [0.4, 0.5) is 0 Å². The molecule has 1 aliphatic rings. The maximum Gasteiger partial charge on any atom is 0.237 e. The molecule has 0 bridgehead atoms. The number of piperidine rings is 1. The summed E-state index contributed by atoms with van der Waals surface area (Å²) in [7, 11) is 0. The first-order valence-corrected chi connectivity index (χ1v) is 8.35. The molecule has 1 rings (SSSR count). The van der Waals surface area contributed by atoms with Gasteiger partial charge < -0.3 is 10.6 Å². The first-order chi connectivity index (χ1) is 9.60. The Balaban J connectivity index is 2.36. The number of likely N-dealkylation sites (tertiary alicyclic amines) is 1. The highest BCUT2D eigenvalue weighted by molar-refractivity contribution is 5.81. The van der Waals surface area contributed by atoms with Gasteiger partial charge in [-0.05, 0) is 38.6 Å². The molecule has 1 fully saturated rings. The lowest BCUT2D eigenvalue weighted by atomic mass is 9.92. The molecule has 0 aromatic heterocycles. The van der Waals surface area contributed by atoms with Crippen molar-refractivity contribution < 1.29 is 4.79 Å². The zero-order valence-electron chi connectivity index (χ0n) is 13.7. The lowest BCUT2D eigenvalue weighted by Crippen LogP contribution is -2.54. The van der Waals surface area contributed by atoms with Crippen molar-refractivity contribution in [3.8, 4) is 0 Å². The molecule has 0 aromatic carbocycles. The summed E-state index contributed by atoms with van der Waals surface area (Å²) in [5.41, 5.74) is 0. The second kappa shape index (κ2) is 9.35. The summed E-state index contributed by atoms with van der Waals surface area (Å²) in [6.45, 7) is 12.6. The van der Waals surface area contributed by atoms with Crippen LogP contribution in [0.2, 0.25) is 0 Å². The Morgan fingerprint density at radius 1 is 1.30 bits per heavy atom. The van der Waals surface area contributed by atoms with Crippen LogP contribution in [0, 0.1) is 5.92 Å². The van der Waals surface area contributed by atoms with Crippen molar-refractivity contribution in [1.82, 2.24) is 15.5 Å². The van der Waals surface area contributed by atoms with Crippen molar-refractivity contribution in [1.29, 1.82) is 0 Å². The standard InChI is InChI=1S/C16H33N3O/c1-5-7-10-18-16(20)14(4)19-11-8-15(13(3)12-19)17-9-6-2/h13-15,17H,5-12H2,1-4H3,(H,18,20). The highest BCUT2D eigenvalue weighted by atomic mass is 16.2. The second-order valence-electron chi connectivity index (χ2n) is 6.14. The Bertz CT molecular complexity index is 283. The van der Waals surface area contributed by atoms with Crippen LogP contribution in [-0.4, -0.2) is 49.1 Å². The molecule has 20 heavy (non-hydrogen) atoms. The van der Waals surface area contributed by atoms with Crippen LogP contribution in [0.3, 0.4) is 0 Å². The third kappa shape index (κ3) is 5.41. The van der Waals surface area contributed by atoms with Gasteiger partial charge in [-0.3, -0.25) is 9.69 Å². The minimum absolute atomic E-state index is 0.00133. The number of carbonyl (C=O) groups excluding carboxylic acids is 1. The highest BCUT2D eigenvalue weighted by Gasteiger charge is 2.30. The normalized spacial score (nSPS) is 25.4. The Kier molecular flexibility index (Phi) is 8.15. The number of unbranched alkanes of at least 4 members (excludes halogenated alkanes) is 1. The van der Waals surface area contributed by atoms with Gasteiger partial charge in [-0.15, -0.1) is 0 Å². The van der Waals surface area contributed by atoms with E-state index in [0.717, 1.165) is 45.4 Å². The number of amides is 1. The SMILES string of the molecule is CCCCNC(=O)C(C)N1CCC(NCCC)C(C)C1. The van der Waals surface area contributed by atoms with Crippen LogP contribution in [0.1, 0.15) is 53.4 Å². The van der Waals surface area contributed by atoms with Gasteiger partial charge in [-0.25, -0.2) is 0 Å². The van der Waals surface area contributed by atoms with Crippen molar-refractivity contribution in [3.63, 3.8) is 0 Å². The van der Waals surface area contributed by atoms with Gasteiger partial charge in [0.2, 0.25) is 5.91 Å². The number of nitrogens with zero attached hydrogens (tertiary/aromatic N) is 1. The molecule has 4 nitrogen and oxygen atoms in total. The largest absolute Gasteiger partial charge is 0.355 e. The van der Waals surface area contributed by atoms with Gasteiger partial charge in [-0.1, -0.05) is 27.2 Å². The van der Waals surface area contributed by atoms with Crippen LogP contribution >= 0.6 is 0 Å². The van der Waals surface area contributed by atoms with E-state index < -0.39 is 0 Å². The fourth-order valence-electron chi connectivity index (χ4n) is 2.86. The topological polar surface area (TPSA) is 44.4 Å². The molecule has 2 N–H and O–H groups in total. The summed E-state index contributed by atoms with van der Waals surface area (Å²) in [5, 5.41) is 6.67. The van der Waals surface area contributed by atoms with Gasteiger partial charge in [0.25, 0.3) is 0 Å². The van der Waals surface area contributed by atoms with Gasteiger partial charge in [0.1, 0.15) is 0 Å². The van der Waals surface area contributed by atoms with E-state index in [1.54, 1.807) is 0 Å². The molecule has 3 atom stereocenters. The highest BCUT2D eigenvalue weighted by Crippen LogP contribution is 2.19. The van der Waals surface area contributed by atoms with Crippen molar-refractivity contribution >= 4 is 5.91 Å². The summed E-state index contributed by atoms with van der Waals surface area (Å²) in [6, 6.07) is 0.614. The molecule has 0 spiro atoms. The van der Waals surface area contributed by atoms with Crippen LogP contribution in [0.5, 0.6) is 0 Å². The van der Waals surface area contributed by atoms with Crippen LogP contribution < -0.4 is 10.6 Å². The predicted octanol–water partition coefficient (Wildman–Crippen LogP) is 2.00. The molecule has 1 amide bonds. The summed E-state index contributed by atoms with van der Waals surface area (Å²) in [4.78, 5) is 14.4. The lowest BCUT2D eigenvalue weighted by molar-refractivity contribution is -0.126. The summed E-state index contributed by atoms with van der Waals surface area (Å²) in [6.07, 6.45) is 4.52. The van der Waals surface area contributed by atoms with E-state index in [1.165, 1.54) is 6.42 Å². The van der Waals surface area contributed by atoms with Crippen molar-refractivity contribution in [2.45, 2.75) is 65.5 Å². The van der Waals surface area contributed by atoms with Gasteiger partial charge in [0, 0.05) is 25.7 Å². The molecular formula is C16H33N3O. The van der Waals surface area contributed by atoms with Gasteiger partial charge >= 0.3 is 0 Å². The van der Waals surface area contributed by atoms with Gasteiger partial charge in [0.15, 0.2) is 0 Å². The van der Waals surface area contributed by atoms with E-state index in [2.05, 4.69) is 36.3 Å². The molecule has 0 radical (unpaired) electrons. The predicted molar refractivity (Wildman–Crippen MR) is 84.8 cm³/mol. The Morgan fingerprint density at radius 3 is 2.65 bits per heavy atom. The molecule has 1 aliphatic heterocycles. The summed E-state index contributed by atoms with van der Waals surface area (Å²) >= 11 is 0. The van der Waals surface area contributed by atoms with E-state index in [0.29, 0.717) is 12.0 Å². The zero-order chi connectivity index (χ0) is 15.0. The van der Waals surface area contributed by atoms with E-state index in [1.807, 2.05) is 6.92 Å². The summed E-state index contributed by atoms with van der Waals surface area (Å²) < 4.78 is 0. The zero-order valence-corrected chi connectivity index (χ0v) is 13.7. The molecule has 0 aliphatic carbocycles. The average Bonchev–Trinajstić information content (AvgIpc) is 2.45. The maximum atomic E-state index is 12.1. The smallest absolute Gasteiger partial charge is 0.237 e. The Morgan fingerprint density at radius 2 is 2.05 bits per heavy atom. The van der Waals surface area contributed by atoms with Crippen LogP contribution in [0.15, 0.2) is 0 Å². The third-order valence-electron chi connectivity index (χ3n) is 4.35. The lowest BCUT2D eigenvalue weighted by Gasteiger charge is -2.39. The van der Waals surface area contributed by atoms with Crippen molar-refractivity contribution in [3.05, 3.63) is 0 Å². The minimum atomic E-state index is 0.00133. The molecule has 0 saturated carbocycles. The Labute approximate surface area is 124 Å². The Hall–Kier alpha value is -0.610. The van der Waals surface area contributed by atoms with E-state index in [4.69, 9.17) is 0 Å². The van der Waals surface area contributed by atoms with Gasteiger partial charge in [0.05, 0.1) is 6.04 Å². The number of hydrogen-bond donors (Lipinski definition) is 2. The molecule has 4 heteroatoms. The van der Waals surface area contributed by atoms with Crippen molar-refractivity contribution in [2.24, 2.45) is 5.92 Å². The number of rotatable bonds is 8. The van der Waals surface area contributed by atoms with E-state index >= 15 is 0 Å². The van der Waals surface area contributed by atoms with Crippen molar-refractivity contribution in [2.75, 3.05) is 26.2 Å². The van der Waals surface area contributed by atoms with E-state index in [9.17, 15) is 4.79 Å². The molecular weight excluding hydrogens is 250 g/mol. The molecule has 1 heterocycles. The van der Waals surface area contributed by atoms with Crippen LogP contribution in [0.25, 0.3) is 0 Å². The second-order valence-corrected chi connectivity index (χ2v) is 6.14. The van der Waals surface area contributed by atoms with E-state index in [-0.39, 0.29) is 11.9 Å². The van der Waals surface area contributed by atoms with Crippen LogP contribution in [-0.2, 0) is 4.79 Å².